The van der Waals surface area contributed by atoms with Gasteiger partial charge in [0.2, 0.25) is 5.91 Å². The Kier molecular flexibility index (Phi) is 8.30. The van der Waals surface area contributed by atoms with Gasteiger partial charge < -0.3 is 20.3 Å². The van der Waals surface area contributed by atoms with Gasteiger partial charge in [-0.25, -0.2) is 18.2 Å². The maximum absolute atomic E-state index is 13.6. The Labute approximate surface area is 264 Å². The third-order valence-corrected chi connectivity index (χ3v) is 9.46. The number of amides is 4. The fourth-order valence-corrected chi connectivity index (χ4v) is 6.99. The van der Waals surface area contributed by atoms with Crippen LogP contribution in [0.15, 0.2) is 72.9 Å². The number of nitrogens with one attached hydrogen (secondary N) is 2. The zero-order valence-corrected chi connectivity index (χ0v) is 26.3. The Morgan fingerprint density at radius 1 is 1.13 bits per heavy atom. The zero-order chi connectivity index (χ0) is 31.7. The molecule has 232 valence electrons. The van der Waals surface area contributed by atoms with Gasteiger partial charge >= 0.3 is 6.03 Å². The van der Waals surface area contributed by atoms with Crippen molar-refractivity contribution in [2.45, 2.75) is 25.8 Å². The summed E-state index contributed by atoms with van der Waals surface area (Å²) in [6.45, 7) is 2.71. The number of thiophene rings is 1. The number of carbonyl (C=O) groups is 3. The molecular weight excluding hydrogens is 615 g/mol. The minimum Gasteiger partial charge on any atom is -0.457 e. The van der Waals surface area contributed by atoms with Crippen LogP contribution in [0.25, 0.3) is 10.2 Å². The minimum absolute atomic E-state index is 0.214. The average molecular weight is 646 g/mol. The molecule has 2 aliphatic rings. The number of benzene rings is 2. The van der Waals surface area contributed by atoms with E-state index in [-0.39, 0.29) is 23.6 Å². The van der Waals surface area contributed by atoms with E-state index in [0.717, 1.165) is 11.8 Å². The highest BCUT2D eigenvalue weighted by molar-refractivity contribution is 7.90. The number of urea groups is 1. The van der Waals surface area contributed by atoms with E-state index in [1.54, 1.807) is 22.1 Å². The molecule has 45 heavy (non-hydrogen) atoms. The monoisotopic (exact) mass is 645 g/mol. The van der Waals surface area contributed by atoms with Crippen LogP contribution >= 0.6 is 11.3 Å². The molecule has 0 unspecified atom stereocenters. The standard InChI is InChI=1S/C32H31N5O6S2/c1-20-18-23(43-22-9-4-3-5-10-22)12-13-24(20)37-25-14-15-33-31-27(25)28(35-32(37)40)29(44-31)30(39)34-21-8-6-16-36(19-21)26(38)11-7-17-45(2,41)42/h3-5,7,9-15,18,21H,6,8,16-17,19H2,1-2H3,(H,34,39)(H,35,40)/b11-7+/t21-/m1/s1. The first-order chi connectivity index (χ1) is 21.6. The van der Waals surface area contributed by atoms with Gasteiger partial charge in [-0.2, -0.15) is 0 Å². The second-order valence-electron chi connectivity index (χ2n) is 11.0. The van der Waals surface area contributed by atoms with Crippen molar-refractivity contribution in [1.82, 2.24) is 15.2 Å². The predicted molar refractivity (Wildman–Crippen MR) is 174 cm³/mol. The molecule has 0 bridgehead atoms. The van der Waals surface area contributed by atoms with Gasteiger partial charge in [0.1, 0.15) is 21.2 Å². The van der Waals surface area contributed by atoms with Gasteiger partial charge in [-0.1, -0.05) is 24.3 Å². The van der Waals surface area contributed by atoms with Crippen LogP contribution in [0.5, 0.6) is 11.5 Å². The number of aromatic nitrogens is 1. The van der Waals surface area contributed by atoms with E-state index in [0.29, 0.717) is 69.6 Å². The molecule has 2 N–H and O–H groups in total. The molecule has 4 amide bonds. The third-order valence-electron chi connectivity index (χ3n) is 7.57. The Balaban J connectivity index is 1.22. The van der Waals surface area contributed by atoms with Crippen molar-refractivity contribution < 1.29 is 27.5 Å². The summed E-state index contributed by atoms with van der Waals surface area (Å²) in [5, 5.41) is 6.62. The van der Waals surface area contributed by atoms with E-state index in [4.69, 9.17) is 4.74 Å². The third kappa shape index (κ3) is 6.54. The number of anilines is 3. The SMILES string of the molecule is Cc1cc(Oc2ccccc2)ccc1N1C(=O)Nc2c(C(=O)N[C@@H]3CCCN(C(=O)/C=C/CS(C)(=O)=O)C3)sc3nccc1c23. The van der Waals surface area contributed by atoms with Crippen molar-refractivity contribution >= 4 is 66.3 Å². The lowest BCUT2D eigenvalue weighted by Crippen LogP contribution is -2.49. The lowest BCUT2D eigenvalue weighted by atomic mass is 10.0. The summed E-state index contributed by atoms with van der Waals surface area (Å²) in [4.78, 5) is 48.4. The van der Waals surface area contributed by atoms with Crippen molar-refractivity contribution in [1.29, 1.82) is 0 Å². The van der Waals surface area contributed by atoms with Crippen molar-refractivity contribution in [3.63, 3.8) is 0 Å². The molecule has 0 saturated carbocycles. The maximum atomic E-state index is 13.6. The lowest BCUT2D eigenvalue weighted by molar-refractivity contribution is -0.127. The van der Waals surface area contributed by atoms with Gasteiger partial charge in [-0.3, -0.25) is 14.5 Å². The van der Waals surface area contributed by atoms with Crippen molar-refractivity contribution in [3.05, 3.63) is 83.4 Å². The molecule has 1 fully saturated rings. The number of hydrogen-bond donors (Lipinski definition) is 2. The first-order valence-corrected chi connectivity index (χ1v) is 17.3. The molecule has 2 aromatic heterocycles. The van der Waals surface area contributed by atoms with Crippen LogP contribution in [0.3, 0.4) is 0 Å². The van der Waals surface area contributed by atoms with Gasteiger partial charge in [0, 0.05) is 37.7 Å². The number of carbonyl (C=O) groups excluding carboxylic acids is 3. The van der Waals surface area contributed by atoms with Crippen LogP contribution in [-0.4, -0.2) is 67.3 Å². The molecule has 6 rings (SSSR count). The first-order valence-electron chi connectivity index (χ1n) is 14.4. The molecule has 11 nitrogen and oxygen atoms in total. The summed E-state index contributed by atoms with van der Waals surface area (Å²) in [5.74, 6) is 0.472. The average Bonchev–Trinajstić information content (AvgIpc) is 3.37. The van der Waals surface area contributed by atoms with Crippen LogP contribution < -0.4 is 20.3 Å². The molecule has 0 spiro atoms. The minimum atomic E-state index is -3.22. The van der Waals surface area contributed by atoms with Gasteiger partial charge in [0.15, 0.2) is 9.84 Å². The molecule has 13 heteroatoms. The number of sulfone groups is 1. The Morgan fingerprint density at radius 3 is 2.69 bits per heavy atom. The largest absolute Gasteiger partial charge is 0.457 e. The zero-order valence-electron chi connectivity index (χ0n) is 24.6. The van der Waals surface area contributed by atoms with E-state index < -0.39 is 15.9 Å². The molecule has 4 aromatic rings. The highest BCUT2D eigenvalue weighted by Crippen LogP contribution is 2.46. The first kappa shape index (κ1) is 30.3. The quantitative estimate of drug-likeness (QED) is 0.245. The molecule has 0 aliphatic carbocycles. The number of rotatable bonds is 8. The number of hydrogen-bond acceptors (Lipinski definition) is 8. The van der Waals surface area contributed by atoms with E-state index in [2.05, 4.69) is 15.6 Å². The number of likely N-dealkylation sites (tertiary alicyclic amines) is 1. The van der Waals surface area contributed by atoms with Gasteiger partial charge in [0.25, 0.3) is 5.91 Å². The fourth-order valence-electron chi connectivity index (χ4n) is 5.53. The normalized spacial score (nSPS) is 16.6. The summed E-state index contributed by atoms with van der Waals surface area (Å²) in [7, 11) is -3.22. The summed E-state index contributed by atoms with van der Waals surface area (Å²) in [5.41, 5.74) is 2.51. The Bertz CT molecular complexity index is 1940. The molecule has 2 aliphatic heterocycles. The molecule has 0 radical (unpaired) electrons. The smallest absolute Gasteiger partial charge is 0.331 e. The van der Waals surface area contributed by atoms with E-state index in [1.165, 1.54) is 23.5 Å². The van der Waals surface area contributed by atoms with E-state index in [9.17, 15) is 22.8 Å². The van der Waals surface area contributed by atoms with Crippen LogP contribution in [-0.2, 0) is 14.6 Å². The number of para-hydroxylation sites is 1. The molecule has 4 heterocycles. The topological polar surface area (TPSA) is 138 Å². The number of piperidine rings is 1. The van der Waals surface area contributed by atoms with Gasteiger partial charge in [-0.05, 0) is 61.7 Å². The summed E-state index contributed by atoms with van der Waals surface area (Å²) in [6, 6.07) is 16.0. The fraction of sp³-hybridized carbons (Fsp3) is 0.250. The number of nitrogens with zero attached hydrogens (tertiary/aromatic N) is 3. The number of pyridine rings is 1. The number of ether oxygens (including phenoxy) is 1. The lowest BCUT2D eigenvalue weighted by Gasteiger charge is -2.32. The Hall–Kier alpha value is -4.75. The maximum Gasteiger partial charge on any atom is 0.331 e. The number of aryl methyl sites for hydroxylation is 1. The van der Waals surface area contributed by atoms with Crippen LogP contribution in [0, 0.1) is 6.92 Å². The van der Waals surface area contributed by atoms with Crippen LogP contribution in [0.4, 0.5) is 21.9 Å². The summed E-state index contributed by atoms with van der Waals surface area (Å²) in [6.07, 6.45) is 6.69. The van der Waals surface area contributed by atoms with Crippen LogP contribution in [0.1, 0.15) is 28.1 Å². The van der Waals surface area contributed by atoms with Crippen molar-refractivity contribution in [3.8, 4) is 11.5 Å². The second kappa shape index (κ2) is 12.3. The predicted octanol–water partition coefficient (Wildman–Crippen LogP) is 5.40. The highest BCUT2D eigenvalue weighted by atomic mass is 32.2. The summed E-state index contributed by atoms with van der Waals surface area (Å²) < 4.78 is 28.7. The molecule has 1 saturated heterocycles. The molecule has 2 aromatic carbocycles. The summed E-state index contributed by atoms with van der Waals surface area (Å²) >= 11 is 1.19. The Morgan fingerprint density at radius 2 is 1.93 bits per heavy atom. The molecular formula is C32H31N5O6S2. The van der Waals surface area contributed by atoms with Crippen molar-refractivity contribution in [2.24, 2.45) is 0 Å². The van der Waals surface area contributed by atoms with E-state index >= 15 is 0 Å². The van der Waals surface area contributed by atoms with Gasteiger partial charge in [-0.15, -0.1) is 11.3 Å². The van der Waals surface area contributed by atoms with Crippen LogP contribution in [0.2, 0.25) is 0 Å². The van der Waals surface area contributed by atoms with E-state index in [1.807, 2.05) is 55.5 Å². The second-order valence-corrected chi connectivity index (χ2v) is 14.2. The van der Waals surface area contributed by atoms with Gasteiger partial charge in [0.05, 0.1) is 28.2 Å². The highest BCUT2D eigenvalue weighted by Gasteiger charge is 2.34. The van der Waals surface area contributed by atoms with Crippen molar-refractivity contribution in [2.75, 3.05) is 35.3 Å². The molecule has 1 atom stereocenters.